The van der Waals surface area contributed by atoms with Crippen LogP contribution in [0.25, 0.3) is 0 Å². The Kier molecular flexibility index (Phi) is 5.79. The number of anilines is 1. The maximum absolute atomic E-state index is 11.5. The first-order valence-electron chi connectivity index (χ1n) is 5.06. The Balaban J connectivity index is 2.26. The molecule has 1 amide bonds. The summed E-state index contributed by atoms with van der Waals surface area (Å²) in [6, 6.07) is 0. The van der Waals surface area contributed by atoms with Crippen molar-refractivity contribution in [3.8, 4) is 0 Å². The maximum Gasteiger partial charge on any atom is 0.236 e. The van der Waals surface area contributed by atoms with Crippen molar-refractivity contribution in [1.29, 1.82) is 0 Å². The first-order chi connectivity index (χ1) is 7.61. The van der Waals surface area contributed by atoms with E-state index in [2.05, 4.69) is 10.3 Å². The number of nitrogens with zero attached hydrogens (tertiary/aromatic N) is 1. The molecule has 0 aliphatic rings. The molecule has 6 heteroatoms. The van der Waals surface area contributed by atoms with Crippen LogP contribution >= 0.6 is 23.1 Å². The van der Waals surface area contributed by atoms with Crippen LogP contribution in [0.3, 0.4) is 0 Å². The van der Waals surface area contributed by atoms with Crippen molar-refractivity contribution in [1.82, 2.24) is 4.98 Å². The smallest absolute Gasteiger partial charge is 0.236 e. The lowest BCUT2D eigenvalue weighted by atomic mass is 10.3. The summed E-state index contributed by atoms with van der Waals surface area (Å²) >= 11 is 2.97. The maximum atomic E-state index is 11.5. The van der Waals surface area contributed by atoms with E-state index in [9.17, 15) is 4.79 Å². The molecule has 0 aliphatic heterocycles. The van der Waals surface area contributed by atoms with Crippen molar-refractivity contribution in [3.63, 3.8) is 0 Å². The van der Waals surface area contributed by atoms with E-state index in [1.165, 1.54) is 23.1 Å². The monoisotopic (exact) mass is 260 g/mol. The number of nitrogens with one attached hydrogen (secondary N) is 1. The molecule has 0 radical (unpaired) electrons. The highest BCUT2D eigenvalue weighted by atomic mass is 32.2. The van der Waals surface area contributed by atoms with Gasteiger partial charge >= 0.3 is 0 Å². The Hall–Kier alpha value is -0.590. The van der Waals surface area contributed by atoms with E-state index >= 15 is 0 Å². The molecule has 1 aromatic rings. The van der Waals surface area contributed by atoms with Crippen molar-refractivity contribution in [2.45, 2.75) is 25.5 Å². The van der Waals surface area contributed by atoms with E-state index in [1.807, 2.05) is 19.2 Å². The molecule has 0 fully saturated rings. The molecular formula is C10H16N2O2S2. The highest BCUT2D eigenvalue weighted by Gasteiger charge is 2.08. The molecule has 4 nitrogen and oxygen atoms in total. The van der Waals surface area contributed by atoms with E-state index in [0.29, 0.717) is 22.6 Å². The number of hydrogen-bond acceptors (Lipinski definition) is 5. The molecule has 1 heterocycles. The summed E-state index contributed by atoms with van der Waals surface area (Å²) in [6.45, 7) is 4.06. The SMILES string of the molecule is Cc1csc(NC(=O)CSC(C)CCO)n1. The Morgan fingerprint density at radius 1 is 1.75 bits per heavy atom. The van der Waals surface area contributed by atoms with Crippen LogP contribution < -0.4 is 5.32 Å². The average Bonchev–Trinajstić information content (AvgIpc) is 2.61. The average molecular weight is 260 g/mol. The fourth-order valence-corrected chi connectivity index (χ4v) is 2.53. The molecular weight excluding hydrogens is 244 g/mol. The second-order valence-electron chi connectivity index (χ2n) is 3.48. The van der Waals surface area contributed by atoms with Gasteiger partial charge in [0.1, 0.15) is 0 Å². The first kappa shape index (κ1) is 13.5. The summed E-state index contributed by atoms with van der Waals surface area (Å²) in [7, 11) is 0. The van der Waals surface area contributed by atoms with Gasteiger partial charge in [-0.2, -0.15) is 0 Å². The Morgan fingerprint density at radius 2 is 2.50 bits per heavy atom. The third-order valence-corrected chi connectivity index (χ3v) is 4.01. The zero-order chi connectivity index (χ0) is 12.0. The van der Waals surface area contributed by atoms with Gasteiger partial charge in [-0.15, -0.1) is 23.1 Å². The number of hydrogen-bond donors (Lipinski definition) is 2. The topological polar surface area (TPSA) is 62.2 Å². The van der Waals surface area contributed by atoms with Gasteiger partial charge in [0.2, 0.25) is 5.91 Å². The lowest BCUT2D eigenvalue weighted by Crippen LogP contribution is -2.16. The molecule has 0 aliphatic carbocycles. The van der Waals surface area contributed by atoms with E-state index < -0.39 is 0 Å². The molecule has 1 unspecified atom stereocenters. The number of thiazole rings is 1. The predicted molar refractivity (Wildman–Crippen MR) is 69.1 cm³/mol. The number of aliphatic hydroxyl groups is 1. The fraction of sp³-hybridized carbons (Fsp3) is 0.600. The quantitative estimate of drug-likeness (QED) is 0.820. The van der Waals surface area contributed by atoms with Crippen LogP contribution in [-0.4, -0.2) is 33.6 Å². The van der Waals surface area contributed by atoms with Crippen molar-refractivity contribution in [2.24, 2.45) is 0 Å². The van der Waals surface area contributed by atoms with Gasteiger partial charge in [0.05, 0.1) is 11.4 Å². The van der Waals surface area contributed by atoms with Crippen molar-refractivity contribution in [2.75, 3.05) is 17.7 Å². The lowest BCUT2D eigenvalue weighted by molar-refractivity contribution is -0.113. The first-order valence-corrected chi connectivity index (χ1v) is 6.99. The molecule has 0 saturated carbocycles. The number of carbonyl (C=O) groups excluding carboxylic acids is 1. The van der Waals surface area contributed by atoms with Crippen LogP contribution in [0.5, 0.6) is 0 Å². The lowest BCUT2D eigenvalue weighted by Gasteiger charge is -2.08. The molecule has 0 aromatic carbocycles. The molecule has 0 bridgehead atoms. The number of aryl methyl sites for hydroxylation is 1. The third-order valence-electron chi connectivity index (χ3n) is 1.90. The molecule has 0 saturated heterocycles. The van der Waals surface area contributed by atoms with E-state index in [1.54, 1.807) is 0 Å². The summed E-state index contributed by atoms with van der Waals surface area (Å²) in [5.41, 5.74) is 0.918. The largest absolute Gasteiger partial charge is 0.396 e. The highest BCUT2D eigenvalue weighted by molar-refractivity contribution is 8.00. The Labute approximate surface area is 103 Å². The van der Waals surface area contributed by atoms with Gasteiger partial charge in [0, 0.05) is 17.2 Å². The Bertz CT molecular complexity index is 341. The number of aliphatic hydroxyl groups excluding tert-OH is 1. The standard InChI is InChI=1S/C10H16N2O2S2/c1-7-5-16-10(11-7)12-9(14)6-15-8(2)3-4-13/h5,8,13H,3-4,6H2,1-2H3,(H,11,12,14). The molecule has 0 spiro atoms. The van der Waals surface area contributed by atoms with Crippen LogP contribution in [0, 0.1) is 6.92 Å². The number of thioether (sulfide) groups is 1. The minimum absolute atomic E-state index is 0.0378. The van der Waals surface area contributed by atoms with Crippen LogP contribution in [0.4, 0.5) is 5.13 Å². The fourth-order valence-electron chi connectivity index (χ4n) is 1.05. The van der Waals surface area contributed by atoms with Crippen LogP contribution in [0.2, 0.25) is 0 Å². The van der Waals surface area contributed by atoms with Crippen molar-refractivity contribution in [3.05, 3.63) is 11.1 Å². The molecule has 1 aromatic heterocycles. The Morgan fingerprint density at radius 3 is 3.06 bits per heavy atom. The van der Waals surface area contributed by atoms with E-state index in [0.717, 1.165) is 5.69 Å². The minimum atomic E-state index is -0.0378. The molecule has 90 valence electrons. The molecule has 2 N–H and O–H groups in total. The van der Waals surface area contributed by atoms with Gasteiger partial charge in [-0.05, 0) is 13.3 Å². The van der Waals surface area contributed by atoms with Gasteiger partial charge < -0.3 is 10.4 Å². The van der Waals surface area contributed by atoms with Crippen molar-refractivity contribution >= 4 is 34.1 Å². The number of amides is 1. The summed E-state index contributed by atoms with van der Waals surface area (Å²) in [6.07, 6.45) is 0.717. The second kappa shape index (κ2) is 6.88. The van der Waals surface area contributed by atoms with E-state index in [4.69, 9.17) is 5.11 Å². The van der Waals surface area contributed by atoms with Gasteiger partial charge in [-0.25, -0.2) is 4.98 Å². The normalized spacial score (nSPS) is 12.4. The van der Waals surface area contributed by atoms with Crippen LogP contribution in [0.15, 0.2) is 5.38 Å². The van der Waals surface area contributed by atoms with Crippen molar-refractivity contribution < 1.29 is 9.90 Å². The van der Waals surface area contributed by atoms with E-state index in [-0.39, 0.29) is 12.5 Å². The van der Waals surface area contributed by atoms with Crippen LogP contribution in [0.1, 0.15) is 19.0 Å². The number of aromatic nitrogens is 1. The zero-order valence-electron chi connectivity index (χ0n) is 9.40. The highest BCUT2D eigenvalue weighted by Crippen LogP contribution is 2.17. The van der Waals surface area contributed by atoms with Gasteiger partial charge in [-0.3, -0.25) is 4.79 Å². The predicted octanol–water partition coefficient (Wildman–Crippen LogP) is 1.89. The third kappa shape index (κ3) is 4.96. The summed E-state index contributed by atoms with van der Waals surface area (Å²) in [4.78, 5) is 15.7. The number of carbonyl (C=O) groups is 1. The summed E-state index contributed by atoms with van der Waals surface area (Å²) < 4.78 is 0. The second-order valence-corrected chi connectivity index (χ2v) is 5.76. The molecule has 16 heavy (non-hydrogen) atoms. The van der Waals surface area contributed by atoms with Gasteiger partial charge in [0.15, 0.2) is 5.13 Å². The minimum Gasteiger partial charge on any atom is -0.396 e. The van der Waals surface area contributed by atoms with Crippen LogP contribution in [-0.2, 0) is 4.79 Å². The van der Waals surface area contributed by atoms with Gasteiger partial charge in [0.25, 0.3) is 0 Å². The number of rotatable bonds is 6. The summed E-state index contributed by atoms with van der Waals surface area (Å²) in [5, 5.41) is 14.3. The zero-order valence-corrected chi connectivity index (χ0v) is 11.0. The molecule has 1 rings (SSSR count). The van der Waals surface area contributed by atoms with Gasteiger partial charge in [-0.1, -0.05) is 6.92 Å². The summed E-state index contributed by atoms with van der Waals surface area (Å²) in [5.74, 6) is 0.365. The molecule has 1 atom stereocenters.